The maximum atomic E-state index is 8.83. The molecule has 0 aliphatic rings. The van der Waals surface area contributed by atoms with E-state index in [1.165, 1.54) is 0 Å². The topological polar surface area (TPSA) is 38.7 Å². The lowest BCUT2D eigenvalue weighted by molar-refractivity contribution is -0.168. The quantitative estimate of drug-likeness (QED) is 0.468. The fourth-order valence-electron chi connectivity index (χ4n) is 0.657. The Kier molecular flexibility index (Phi) is 4.89. The summed E-state index contributed by atoms with van der Waals surface area (Å²) in [5, 5.41) is 0. The van der Waals surface area contributed by atoms with Gasteiger partial charge in [-0.25, -0.2) is 0 Å². The Morgan fingerprint density at radius 1 is 1.30 bits per heavy atom. The molecule has 0 aromatic heterocycles. The van der Waals surface area contributed by atoms with E-state index in [0.717, 1.165) is 0 Å². The van der Waals surface area contributed by atoms with Crippen molar-refractivity contribution in [1.29, 1.82) is 0 Å². The van der Waals surface area contributed by atoms with Crippen LogP contribution in [0.15, 0.2) is 0 Å². The molecule has 0 spiro atoms. The maximum absolute atomic E-state index is 8.83. The van der Waals surface area contributed by atoms with Crippen molar-refractivity contribution in [3.63, 3.8) is 0 Å². The summed E-state index contributed by atoms with van der Waals surface area (Å²) in [7, 11) is -0.329. The van der Waals surface area contributed by atoms with Crippen LogP contribution in [-0.2, 0) is 9.47 Å². The fraction of sp³-hybridized carbons (Fsp3) is 1.00. The maximum Gasteiger partial charge on any atom is 0.300 e. The summed E-state index contributed by atoms with van der Waals surface area (Å²) in [4.78, 5) is 8.83. The van der Waals surface area contributed by atoms with Crippen molar-refractivity contribution in [2.45, 2.75) is 26.2 Å². The molecule has 0 aromatic carbocycles. The second-order valence-corrected chi connectivity index (χ2v) is 3.06. The minimum Gasteiger partial charge on any atom is -0.428 e. The standard InChI is InChI=1S/C6H14O3Si/c1-4-8-6(3,10-7)9-5-2/h7H,4-5H2,1-3H3. The fourth-order valence-corrected chi connectivity index (χ4v) is 1.07. The molecule has 0 amide bonds. The molecule has 0 atom stereocenters. The van der Waals surface area contributed by atoms with E-state index in [0.29, 0.717) is 13.2 Å². The first-order valence-electron chi connectivity index (χ1n) is 3.37. The Labute approximate surface area is 64.3 Å². The van der Waals surface area contributed by atoms with Gasteiger partial charge in [0.2, 0.25) is 0 Å². The van der Waals surface area contributed by atoms with Gasteiger partial charge < -0.3 is 14.3 Å². The van der Waals surface area contributed by atoms with Crippen LogP contribution in [-0.4, -0.2) is 33.2 Å². The van der Waals surface area contributed by atoms with E-state index in [1.807, 2.05) is 13.8 Å². The van der Waals surface area contributed by atoms with Gasteiger partial charge >= 0.3 is 0 Å². The first-order chi connectivity index (χ1) is 4.68. The van der Waals surface area contributed by atoms with E-state index >= 15 is 0 Å². The third-order valence-electron chi connectivity index (χ3n) is 1.04. The summed E-state index contributed by atoms with van der Waals surface area (Å²) in [5.41, 5.74) is -0.774. The van der Waals surface area contributed by atoms with Gasteiger partial charge in [0.05, 0.1) is 0 Å². The van der Waals surface area contributed by atoms with Crippen molar-refractivity contribution in [3.8, 4) is 0 Å². The lowest BCUT2D eigenvalue weighted by Crippen LogP contribution is -2.39. The predicted octanol–water partition coefficient (Wildman–Crippen LogP) is 0.345. The molecule has 0 aliphatic carbocycles. The third kappa shape index (κ3) is 3.31. The smallest absolute Gasteiger partial charge is 0.300 e. The summed E-state index contributed by atoms with van der Waals surface area (Å²) in [6.45, 7) is 6.60. The van der Waals surface area contributed by atoms with Crippen LogP contribution in [0.3, 0.4) is 0 Å². The molecule has 2 radical (unpaired) electrons. The summed E-state index contributed by atoms with van der Waals surface area (Å²) >= 11 is 0. The summed E-state index contributed by atoms with van der Waals surface area (Å²) in [5.74, 6) is 0. The summed E-state index contributed by atoms with van der Waals surface area (Å²) in [6, 6.07) is 0. The highest BCUT2D eigenvalue weighted by Crippen LogP contribution is 2.08. The van der Waals surface area contributed by atoms with Crippen LogP contribution in [0.2, 0.25) is 0 Å². The molecular weight excluding hydrogens is 148 g/mol. The lowest BCUT2D eigenvalue weighted by Gasteiger charge is -2.25. The third-order valence-corrected chi connectivity index (χ3v) is 1.74. The number of ether oxygens (including phenoxy) is 2. The van der Waals surface area contributed by atoms with Gasteiger partial charge in [-0.1, -0.05) is 0 Å². The van der Waals surface area contributed by atoms with Crippen LogP contribution < -0.4 is 0 Å². The van der Waals surface area contributed by atoms with Crippen molar-refractivity contribution < 1.29 is 14.3 Å². The molecule has 0 unspecified atom stereocenters. The molecule has 0 saturated heterocycles. The first kappa shape index (κ1) is 10.1. The second-order valence-electron chi connectivity index (χ2n) is 1.92. The highest BCUT2D eigenvalue weighted by molar-refractivity contribution is 6.29. The Bertz CT molecular complexity index is 81.1. The SMILES string of the molecule is CCOC(C)(OCC)[Si]O. The predicted molar refractivity (Wildman–Crippen MR) is 39.6 cm³/mol. The van der Waals surface area contributed by atoms with E-state index in [2.05, 4.69) is 0 Å². The van der Waals surface area contributed by atoms with Crippen LogP contribution in [0.1, 0.15) is 20.8 Å². The van der Waals surface area contributed by atoms with E-state index < -0.39 is 5.41 Å². The number of hydrogen-bond acceptors (Lipinski definition) is 3. The van der Waals surface area contributed by atoms with Gasteiger partial charge in [0.15, 0.2) is 5.41 Å². The van der Waals surface area contributed by atoms with Crippen molar-refractivity contribution in [2.75, 3.05) is 13.2 Å². The minimum absolute atomic E-state index is 0.329. The molecular formula is C6H14O3Si. The normalized spacial score (nSPS) is 12.0. The van der Waals surface area contributed by atoms with Crippen LogP contribution in [0.4, 0.5) is 0 Å². The van der Waals surface area contributed by atoms with Gasteiger partial charge in [0.25, 0.3) is 9.76 Å². The zero-order valence-corrected chi connectivity index (χ0v) is 7.68. The Hall–Kier alpha value is 0.0969. The van der Waals surface area contributed by atoms with Crippen molar-refractivity contribution in [1.82, 2.24) is 0 Å². The molecule has 0 aliphatic heterocycles. The molecule has 0 heterocycles. The summed E-state index contributed by atoms with van der Waals surface area (Å²) < 4.78 is 10.3. The Morgan fingerprint density at radius 3 is 1.90 bits per heavy atom. The van der Waals surface area contributed by atoms with Crippen LogP contribution in [0.5, 0.6) is 0 Å². The number of hydrogen-bond donors (Lipinski definition) is 1. The molecule has 0 rings (SSSR count). The first-order valence-corrected chi connectivity index (χ1v) is 4.32. The molecule has 0 bridgehead atoms. The molecule has 0 aromatic rings. The largest absolute Gasteiger partial charge is 0.428 e. The molecule has 1 N–H and O–H groups in total. The average Bonchev–Trinajstić information content (AvgIpc) is 1.89. The number of rotatable bonds is 5. The lowest BCUT2D eigenvalue weighted by atomic mass is 10.7. The Morgan fingerprint density at radius 2 is 1.70 bits per heavy atom. The van der Waals surface area contributed by atoms with E-state index in [9.17, 15) is 0 Å². The van der Waals surface area contributed by atoms with Crippen LogP contribution in [0.25, 0.3) is 0 Å². The average molecular weight is 162 g/mol. The van der Waals surface area contributed by atoms with E-state index in [4.69, 9.17) is 14.3 Å². The van der Waals surface area contributed by atoms with Gasteiger partial charge in [-0.15, -0.1) is 0 Å². The molecule has 0 saturated carbocycles. The summed E-state index contributed by atoms with van der Waals surface area (Å²) in [6.07, 6.45) is 0. The van der Waals surface area contributed by atoms with Gasteiger partial charge in [-0.3, -0.25) is 0 Å². The highest BCUT2D eigenvalue weighted by atomic mass is 28.2. The van der Waals surface area contributed by atoms with E-state index in [-0.39, 0.29) is 9.76 Å². The molecule has 0 fully saturated rings. The van der Waals surface area contributed by atoms with E-state index in [1.54, 1.807) is 6.92 Å². The van der Waals surface area contributed by atoms with Gasteiger partial charge in [-0.05, 0) is 20.8 Å². The van der Waals surface area contributed by atoms with Gasteiger partial charge in [0, 0.05) is 13.2 Å². The molecule has 3 nitrogen and oxygen atoms in total. The van der Waals surface area contributed by atoms with Crippen molar-refractivity contribution in [3.05, 3.63) is 0 Å². The monoisotopic (exact) mass is 162 g/mol. The molecule has 4 heteroatoms. The van der Waals surface area contributed by atoms with Crippen LogP contribution in [0, 0.1) is 0 Å². The van der Waals surface area contributed by atoms with Gasteiger partial charge in [-0.2, -0.15) is 0 Å². The van der Waals surface area contributed by atoms with Crippen molar-refractivity contribution in [2.24, 2.45) is 0 Å². The van der Waals surface area contributed by atoms with Gasteiger partial charge in [0.1, 0.15) is 0 Å². The molecule has 60 valence electrons. The second kappa shape index (κ2) is 4.84. The zero-order valence-electron chi connectivity index (χ0n) is 6.68. The van der Waals surface area contributed by atoms with Crippen molar-refractivity contribution >= 4 is 9.76 Å². The highest BCUT2D eigenvalue weighted by Gasteiger charge is 2.25. The molecule has 10 heavy (non-hydrogen) atoms. The Balaban J connectivity index is 3.69. The zero-order chi connectivity index (χ0) is 8.04. The van der Waals surface area contributed by atoms with Crippen LogP contribution >= 0.6 is 0 Å². The minimum atomic E-state index is -0.774.